The summed E-state index contributed by atoms with van der Waals surface area (Å²) in [6, 6.07) is 12.7. The minimum Gasteiger partial charge on any atom is -0.489 e. The van der Waals surface area contributed by atoms with Crippen LogP contribution in [0.2, 0.25) is 0 Å². The third-order valence-electron chi connectivity index (χ3n) is 5.17. The zero-order valence-corrected chi connectivity index (χ0v) is 17.5. The Kier molecular flexibility index (Phi) is 7.21. The fraction of sp³-hybridized carbons (Fsp3) is 0.333. The predicted molar refractivity (Wildman–Crippen MR) is 108 cm³/mol. The van der Waals surface area contributed by atoms with Crippen LogP contribution in [-0.4, -0.2) is 24.6 Å². The van der Waals surface area contributed by atoms with Crippen LogP contribution >= 0.6 is 0 Å². The molecule has 1 aliphatic rings. The molecule has 0 heterocycles. The highest BCUT2D eigenvalue weighted by atomic mass is 19.4. The average molecular weight is 474 g/mol. The van der Waals surface area contributed by atoms with Crippen LogP contribution in [0.5, 0.6) is 5.75 Å². The van der Waals surface area contributed by atoms with E-state index in [0.29, 0.717) is 5.75 Å². The Bertz CT molecular complexity index is 981. The molecule has 33 heavy (non-hydrogen) atoms. The number of halogens is 7. The monoisotopic (exact) mass is 474 g/mol. The summed E-state index contributed by atoms with van der Waals surface area (Å²) < 4.78 is 104. The van der Waals surface area contributed by atoms with Crippen molar-refractivity contribution in [3.05, 3.63) is 89.5 Å². The fourth-order valence-electron chi connectivity index (χ4n) is 3.32. The second kappa shape index (κ2) is 9.59. The van der Waals surface area contributed by atoms with Crippen LogP contribution in [0.25, 0.3) is 0 Å². The van der Waals surface area contributed by atoms with Gasteiger partial charge in [-0.3, -0.25) is 4.74 Å². The summed E-state index contributed by atoms with van der Waals surface area (Å²) in [6.45, 7) is 2.22. The third kappa shape index (κ3) is 5.58. The van der Waals surface area contributed by atoms with Crippen LogP contribution in [0.15, 0.2) is 72.8 Å². The second-order valence-electron chi connectivity index (χ2n) is 7.49. The SMILES string of the molecule is CCc1ccc(COc2ccc(C3(OC(F)(F)C(F)C(F)(F)F)C=CC=CC3F)cc2)cc1. The molecule has 0 bridgehead atoms. The lowest BCUT2D eigenvalue weighted by molar-refractivity contribution is -0.366. The van der Waals surface area contributed by atoms with E-state index in [9.17, 15) is 30.7 Å². The summed E-state index contributed by atoms with van der Waals surface area (Å²) in [6.07, 6.45) is -13.3. The van der Waals surface area contributed by atoms with E-state index in [1.165, 1.54) is 30.3 Å². The number of alkyl halides is 7. The van der Waals surface area contributed by atoms with Gasteiger partial charge in [-0.1, -0.05) is 55.5 Å². The first kappa shape index (κ1) is 24.8. The smallest absolute Gasteiger partial charge is 0.428 e. The van der Waals surface area contributed by atoms with E-state index in [4.69, 9.17) is 4.74 Å². The van der Waals surface area contributed by atoms with Gasteiger partial charge in [-0.15, -0.1) is 0 Å². The Morgan fingerprint density at radius 1 is 0.909 bits per heavy atom. The van der Waals surface area contributed by atoms with Crippen LogP contribution in [0, 0.1) is 0 Å². The van der Waals surface area contributed by atoms with Crippen molar-refractivity contribution in [1.29, 1.82) is 0 Å². The van der Waals surface area contributed by atoms with Crippen molar-refractivity contribution >= 4 is 0 Å². The summed E-state index contributed by atoms with van der Waals surface area (Å²) in [5, 5.41) is 0. The fourth-order valence-corrected chi connectivity index (χ4v) is 3.32. The summed E-state index contributed by atoms with van der Waals surface area (Å²) in [4.78, 5) is 0. The molecule has 3 unspecified atom stereocenters. The van der Waals surface area contributed by atoms with E-state index in [1.807, 2.05) is 31.2 Å². The minimum absolute atomic E-state index is 0.201. The lowest BCUT2D eigenvalue weighted by Crippen LogP contribution is -2.51. The molecule has 2 aromatic carbocycles. The molecule has 3 atom stereocenters. The van der Waals surface area contributed by atoms with Gasteiger partial charge in [-0.2, -0.15) is 22.0 Å². The van der Waals surface area contributed by atoms with Gasteiger partial charge in [0.05, 0.1) is 0 Å². The van der Waals surface area contributed by atoms with Gasteiger partial charge in [0.1, 0.15) is 12.4 Å². The molecule has 0 aromatic heterocycles. The van der Waals surface area contributed by atoms with Gasteiger partial charge in [0.25, 0.3) is 6.17 Å². The van der Waals surface area contributed by atoms with Gasteiger partial charge in [0.2, 0.25) is 0 Å². The van der Waals surface area contributed by atoms with Crippen molar-refractivity contribution in [2.45, 2.75) is 50.2 Å². The maximum atomic E-state index is 14.8. The maximum absolute atomic E-state index is 14.8. The topological polar surface area (TPSA) is 18.5 Å². The van der Waals surface area contributed by atoms with Gasteiger partial charge in [0, 0.05) is 0 Å². The van der Waals surface area contributed by atoms with Crippen LogP contribution in [0.1, 0.15) is 23.6 Å². The predicted octanol–water partition coefficient (Wildman–Crippen LogP) is 7.00. The lowest BCUT2D eigenvalue weighted by atomic mass is 9.85. The number of benzene rings is 2. The van der Waals surface area contributed by atoms with Gasteiger partial charge in [-0.25, -0.2) is 8.78 Å². The standard InChI is InChI=1S/C24H21F7O2/c1-2-16-6-8-17(9-7-16)15-32-19-12-10-18(11-13-19)22(14-4-3-5-20(22)25)33-24(30,31)21(26)23(27,28)29/h3-14,20-21H,2,15H2,1H3. The van der Waals surface area contributed by atoms with Crippen LogP contribution < -0.4 is 4.74 Å². The highest BCUT2D eigenvalue weighted by molar-refractivity contribution is 5.39. The zero-order chi connectivity index (χ0) is 24.3. The van der Waals surface area contributed by atoms with Gasteiger partial charge >= 0.3 is 12.3 Å². The number of hydrogen-bond acceptors (Lipinski definition) is 2. The van der Waals surface area contributed by atoms with Crippen molar-refractivity contribution in [3.8, 4) is 5.75 Å². The zero-order valence-electron chi connectivity index (χ0n) is 17.5. The second-order valence-corrected chi connectivity index (χ2v) is 7.49. The summed E-state index contributed by atoms with van der Waals surface area (Å²) in [7, 11) is 0. The molecule has 2 aromatic rings. The first-order valence-corrected chi connectivity index (χ1v) is 10.1. The molecule has 2 nitrogen and oxygen atoms in total. The Morgan fingerprint density at radius 3 is 2.06 bits per heavy atom. The molecular formula is C24H21F7O2. The number of rotatable bonds is 8. The molecule has 0 radical (unpaired) electrons. The molecule has 0 N–H and O–H groups in total. The van der Waals surface area contributed by atoms with Crippen molar-refractivity contribution < 1.29 is 40.2 Å². The largest absolute Gasteiger partial charge is 0.489 e. The summed E-state index contributed by atoms with van der Waals surface area (Å²) in [5.74, 6) is 0.310. The molecule has 0 aliphatic heterocycles. The van der Waals surface area contributed by atoms with Crippen LogP contribution in [0.3, 0.4) is 0 Å². The van der Waals surface area contributed by atoms with Crippen molar-refractivity contribution in [1.82, 2.24) is 0 Å². The molecule has 0 saturated carbocycles. The van der Waals surface area contributed by atoms with Crippen molar-refractivity contribution in [2.24, 2.45) is 0 Å². The van der Waals surface area contributed by atoms with Gasteiger partial charge in [0.15, 0.2) is 11.8 Å². The van der Waals surface area contributed by atoms with E-state index in [2.05, 4.69) is 4.74 Å². The van der Waals surface area contributed by atoms with E-state index < -0.39 is 30.2 Å². The highest BCUT2D eigenvalue weighted by Crippen LogP contribution is 2.45. The number of allylic oxidation sites excluding steroid dienone is 2. The normalized spacial score (nSPS) is 21.8. The average Bonchev–Trinajstić information content (AvgIpc) is 2.78. The van der Waals surface area contributed by atoms with E-state index >= 15 is 0 Å². The van der Waals surface area contributed by atoms with Crippen molar-refractivity contribution in [3.63, 3.8) is 0 Å². The van der Waals surface area contributed by atoms with E-state index in [1.54, 1.807) is 0 Å². The third-order valence-corrected chi connectivity index (χ3v) is 5.17. The molecule has 0 spiro atoms. The molecule has 3 rings (SSSR count). The van der Waals surface area contributed by atoms with E-state index in [-0.39, 0.29) is 12.2 Å². The summed E-state index contributed by atoms with van der Waals surface area (Å²) >= 11 is 0. The molecule has 0 saturated heterocycles. The number of ether oxygens (including phenoxy) is 2. The molecule has 178 valence electrons. The lowest BCUT2D eigenvalue weighted by Gasteiger charge is -2.38. The van der Waals surface area contributed by atoms with Crippen molar-refractivity contribution in [2.75, 3.05) is 0 Å². The van der Waals surface area contributed by atoms with Crippen LogP contribution in [0.4, 0.5) is 30.7 Å². The first-order valence-electron chi connectivity index (χ1n) is 10.1. The Hall–Kier alpha value is -2.81. The number of hydrogen-bond donors (Lipinski definition) is 0. The first-order chi connectivity index (χ1) is 15.5. The highest BCUT2D eigenvalue weighted by Gasteiger charge is 2.62. The Morgan fingerprint density at radius 2 is 1.52 bits per heavy atom. The number of aryl methyl sites for hydroxylation is 1. The Balaban J connectivity index is 1.82. The summed E-state index contributed by atoms with van der Waals surface area (Å²) in [5.41, 5.74) is -0.866. The van der Waals surface area contributed by atoms with Gasteiger partial charge in [-0.05, 0) is 47.4 Å². The van der Waals surface area contributed by atoms with Gasteiger partial charge < -0.3 is 4.74 Å². The Labute approximate surface area is 186 Å². The maximum Gasteiger partial charge on any atom is 0.428 e. The molecular weight excluding hydrogens is 453 g/mol. The molecule has 9 heteroatoms. The van der Waals surface area contributed by atoms with Crippen LogP contribution in [-0.2, 0) is 23.4 Å². The molecule has 0 fully saturated rings. The molecule has 1 aliphatic carbocycles. The molecule has 0 amide bonds. The van der Waals surface area contributed by atoms with E-state index in [0.717, 1.165) is 35.8 Å². The quantitative estimate of drug-likeness (QED) is 0.384. The minimum atomic E-state index is -5.89.